The quantitative estimate of drug-likeness (QED) is 0.754. The number of rotatable bonds is 3. The van der Waals surface area contributed by atoms with Crippen molar-refractivity contribution in [3.8, 4) is 0 Å². The van der Waals surface area contributed by atoms with Gasteiger partial charge >= 0.3 is 21.5 Å². The average Bonchev–Trinajstić information content (AvgIpc) is 2.04. The van der Waals surface area contributed by atoms with Crippen molar-refractivity contribution in [3.63, 3.8) is 0 Å². The van der Waals surface area contributed by atoms with Gasteiger partial charge in [0.2, 0.25) is 0 Å². The minimum atomic E-state index is -4.11. The Bertz CT molecular complexity index is 396. The fourth-order valence-electron chi connectivity index (χ4n) is 0.703. The normalized spacial score (nSPS) is 13.9. The molecule has 13 heavy (non-hydrogen) atoms. The van der Waals surface area contributed by atoms with E-state index in [-0.39, 0.29) is 4.90 Å². The summed E-state index contributed by atoms with van der Waals surface area (Å²) in [5.41, 5.74) is 0. The van der Waals surface area contributed by atoms with Crippen molar-refractivity contribution in [3.05, 3.63) is 30.3 Å². The van der Waals surface area contributed by atoms with Gasteiger partial charge in [0.1, 0.15) is 0 Å². The van der Waals surface area contributed by atoms with Gasteiger partial charge in [-0.05, 0) is 12.1 Å². The van der Waals surface area contributed by atoms with Crippen LogP contribution in [0.3, 0.4) is 0 Å². The van der Waals surface area contributed by atoms with Gasteiger partial charge in [-0.15, -0.1) is 3.63 Å². The molecule has 1 unspecified atom stereocenters. The SMILES string of the molecule is O=S(O)OS(=O)(=O)c1ccccc1. The Hall–Kier alpha value is -0.760. The van der Waals surface area contributed by atoms with Crippen molar-refractivity contribution >= 4 is 21.5 Å². The van der Waals surface area contributed by atoms with E-state index in [1.807, 2.05) is 0 Å². The molecular formula is C6H6O5S2. The first-order valence-electron chi connectivity index (χ1n) is 3.13. The molecule has 0 aliphatic heterocycles. The Kier molecular flexibility index (Phi) is 3.15. The molecule has 0 fully saturated rings. The minimum Gasteiger partial charge on any atom is -0.283 e. The summed E-state index contributed by atoms with van der Waals surface area (Å²) in [6.07, 6.45) is 0. The van der Waals surface area contributed by atoms with Crippen molar-refractivity contribution in [1.82, 2.24) is 0 Å². The molecule has 0 spiro atoms. The van der Waals surface area contributed by atoms with E-state index in [0.717, 1.165) is 0 Å². The lowest BCUT2D eigenvalue weighted by Crippen LogP contribution is -2.07. The summed E-state index contributed by atoms with van der Waals surface area (Å²) in [4.78, 5) is -0.155. The monoisotopic (exact) mass is 222 g/mol. The van der Waals surface area contributed by atoms with Crippen molar-refractivity contribution in [2.45, 2.75) is 4.90 Å². The second-order valence-electron chi connectivity index (χ2n) is 2.05. The molecule has 1 atom stereocenters. The molecule has 1 rings (SSSR count). The summed E-state index contributed by atoms with van der Waals surface area (Å²) in [6.45, 7) is 0. The molecule has 1 N–H and O–H groups in total. The molecule has 0 aliphatic rings. The molecule has 1 aromatic carbocycles. The zero-order chi connectivity index (χ0) is 9.90. The van der Waals surface area contributed by atoms with Crippen LogP contribution in [0.25, 0.3) is 0 Å². The number of hydrogen-bond acceptors (Lipinski definition) is 4. The second kappa shape index (κ2) is 3.97. The van der Waals surface area contributed by atoms with Crippen LogP contribution in [0.5, 0.6) is 0 Å². The van der Waals surface area contributed by atoms with Crippen LogP contribution >= 0.6 is 0 Å². The van der Waals surface area contributed by atoms with Gasteiger partial charge in [-0.2, -0.15) is 12.6 Å². The van der Waals surface area contributed by atoms with E-state index in [4.69, 9.17) is 4.55 Å². The summed E-state index contributed by atoms with van der Waals surface area (Å²) in [5, 5.41) is 0. The highest BCUT2D eigenvalue weighted by Crippen LogP contribution is 2.11. The van der Waals surface area contributed by atoms with Crippen LogP contribution in [0.4, 0.5) is 0 Å². The molecule has 0 bridgehead atoms. The van der Waals surface area contributed by atoms with E-state index in [0.29, 0.717) is 0 Å². The Balaban J connectivity index is 3.02. The lowest BCUT2D eigenvalue weighted by molar-refractivity contribution is 0.442. The van der Waals surface area contributed by atoms with E-state index in [9.17, 15) is 12.6 Å². The average molecular weight is 222 g/mol. The number of hydrogen-bond donors (Lipinski definition) is 1. The third-order valence-electron chi connectivity index (χ3n) is 1.18. The zero-order valence-electron chi connectivity index (χ0n) is 6.28. The standard InChI is InChI=1S/C6H6O5S2/c7-12(8)11-13(9,10)6-4-2-1-3-5-6/h1-5H,(H,7,8). The van der Waals surface area contributed by atoms with Crippen molar-refractivity contribution in [2.24, 2.45) is 0 Å². The van der Waals surface area contributed by atoms with Crippen LogP contribution < -0.4 is 0 Å². The van der Waals surface area contributed by atoms with Crippen LogP contribution in [0.1, 0.15) is 0 Å². The highest BCUT2D eigenvalue weighted by atomic mass is 32.3. The van der Waals surface area contributed by atoms with Crippen LogP contribution in [-0.4, -0.2) is 17.2 Å². The minimum absolute atomic E-state index is 0.155. The lowest BCUT2D eigenvalue weighted by atomic mass is 10.4. The Morgan fingerprint density at radius 1 is 1.23 bits per heavy atom. The molecule has 0 radical (unpaired) electrons. The van der Waals surface area contributed by atoms with Crippen LogP contribution in [-0.2, 0) is 25.1 Å². The molecule has 0 saturated carbocycles. The molecule has 0 heterocycles. The first-order chi connectivity index (χ1) is 6.02. The predicted octanol–water partition coefficient (Wildman–Crippen LogP) is 0.529. The van der Waals surface area contributed by atoms with E-state index in [1.54, 1.807) is 6.07 Å². The first kappa shape index (κ1) is 10.3. The number of benzene rings is 1. The molecule has 1 aromatic rings. The van der Waals surface area contributed by atoms with Crippen molar-refractivity contribution in [1.29, 1.82) is 0 Å². The van der Waals surface area contributed by atoms with E-state index in [1.165, 1.54) is 24.3 Å². The summed E-state index contributed by atoms with van der Waals surface area (Å²) in [7, 11) is -4.11. The summed E-state index contributed by atoms with van der Waals surface area (Å²) >= 11 is -2.82. The summed E-state index contributed by atoms with van der Waals surface area (Å²) in [6, 6.07) is 7.12. The van der Waals surface area contributed by atoms with Crippen molar-refractivity contribution in [2.75, 3.05) is 0 Å². The van der Waals surface area contributed by atoms with Crippen LogP contribution in [0.2, 0.25) is 0 Å². The lowest BCUT2D eigenvalue weighted by Gasteiger charge is -1.99. The van der Waals surface area contributed by atoms with Gasteiger partial charge in [-0.25, -0.2) is 0 Å². The molecule has 0 aliphatic carbocycles. The van der Waals surface area contributed by atoms with E-state index < -0.39 is 21.5 Å². The maximum absolute atomic E-state index is 11.1. The highest BCUT2D eigenvalue weighted by Gasteiger charge is 2.17. The Labute approximate surface area is 78.0 Å². The Morgan fingerprint density at radius 3 is 2.23 bits per heavy atom. The largest absolute Gasteiger partial charge is 0.317 e. The van der Waals surface area contributed by atoms with Crippen LogP contribution in [0, 0.1) is 0 Å². The molecule has 0 amide bonds. The highest BCUT2D eigenvalue weighted by molar-refractivity contribution is 7.95. The maximum atomic E-state index is 11.1. The Morgan fingerprint density at radius 2 is 1.77 bits per heavy atom. The maximum Gasteiger partial charge on any atom is 0.317 e. The van der Waals surface area contributed by atoms with E-state index >= 15 is 0 Å². The smallest absolute Gasteiger partial charge is 0.283 e. The molecular weight excluding hydrogens is 216 g/mol. The molecule has 72 valence electrons. The fourth-order valence-corrected chi connectivity index (χ4v) is 2.12. The van der Waals surface area contributed by atoms with Gasteiger partial charge in [-0.1, -0.05) is 18.2 Å². The van der Waals surface area contributed by atoms with E-state index in [2.05, 4.69) is 3.63 Å². The van der Waals surface area contributed by atoms with Crippen molar-refractivity contribution < 1.29 is 20.8 Å². The van der Waals surface area contributed by atoms with Gasteiger partial charge in [0.25, 0.3) is 0 Å². The first-order valence-corrected chi connectivity index (χ1v) is 5.57. The molecule has 5 nitrogen and oxygen atoms in total. The third-order valence-corrected chi connectivity index (χ3v) is 3.21. The topological polar surface area (TPSA) is 80.7 Å². The summed E-state index contributed by atoms with van der Waals surface area (Å²) < 4.78 is 44.3. The van der Waals surface area contributed by atoms with Gasteiger partial charge in [0, 0.05) is 0 Å². The van der Waals surface area contributed by atoms with Gasteiger partial charge < -0.3 is 0 Å². The van der Waals surface area contributed by atoms with Gasteiger partial charge in [0.05, 0.1) is 4.90 Å². The summed E-state index contributed by atoms with van der Waals surface area (Å²) in [5.74, 6) is 0. The second-order valence-corrected chi connectivity index (χ2v) is 4.41. The van der Waals surface area contributed by atoms with Crippen LogP contribution in [0.15, 0.2) is 35.2 Å². The molecule has 7 heteroatoms. The fraction of sp³-hybridized carbons (Fsp3) is 0. The molecule has 0 aromatic heterocycles. The predicted molar refractivity (Wildman–Crippen MR) is 45.5 cm³/mol. The van der Waals surface area contributed by atoms with Gasteiger partial charge in [-0.3, -0.25) is 4.55 Å². The van der Waals surface area contributed by atoms with Gasteiger partial charge in [0.15, 0.2) is 0 Å². The zero-order valence-corrected chi connectivity index (χ0v) is 7.92. The third kappa shape index (κ3) is 2.88. The molecule has 0 saturated heterocycles.